The van der Waals surface area contributed by atoms with E-state index >= 15 is 0 Å². The van der Waals surface area contributed by atoms with Gasteiger partial charge in [-0.2, -0.15) is 0 Å². The van der Waals surface area contributed by atoms with Crippen molar-refractivity contribution < 1.29 is 46.0 Å². The summed E-state index contributed by atoms with van der Waals surface area (Å²) in [5.74, 6) is -0.316. The Labute approximate surface area is 458 Å². The van der Waals surface area contributed by atoms with E-state index in [1.54, 1.807) is 19.1 Å². The number of carbonyl (C=O) groups is 1. The van der Waals surface area contributed by atoms with Gasteiger partial charge in [0.05, 0.1) is 50.3 Å². The molecule has 4 aromatic carbocycles. The molecular formula is C59H69FN8O9S. The second kappa shape index (κ2) is 20.5. The number of aliphatic hydroxyl groups is 1. The second-order valence-corrected chi connectivity index (χ2v) is 25.3. The van der Waals surface area contributed by atoms with Crippen LogP contribution in [-0.2, 0) is 22.0 Å². The summed E-state index contributed by atoms with van der Waals surface area (Å²) in [5.41, 5.74) is 4.01. The zero-order chi connectivity index (χ0) is 57.4. The lowest BCUT2D eigenvalue weighted by atomic mass is 9.59. The number of nitrogens with one attached hydrogen (secondary N) is 3. The highest BCUT2D eigenvalue weighted by atomic mass is 32.2. The maximum atomic E-state index is 14.8. The number of aromatic nitrogens is 2. The van der Waals surface area contributed by atoms with Gasteiger partial charge in [0.2, 0.25) is 0 Å². The average molecular weight is 1090 g/mol. The largest absolute Gasteiger partial charge is 0.493 e. The first-order valence-corrected chi connectivity index (χ1v) is 28.4. The molecule has 1 atom stereocenters. The summed E-state index contributed by atoms with van der Waals surface area (Å²) in [4.78, 5) is 39.6. The molecule has 19 heteroatoms. The maximum absolute atomic E-state index is 14.8. The van der Waals surface area contributed by atoms with Gasteiger partial charge in [0.15, 0.2) is 11.5 Å². The van der Waals surface area contributed by atoms with Crippen LogP contribution < -0.4 is 29.1 Å². The van der Waals surface area contributed by atoms with E-state index < -0.39 is 49.9 Å². The van der Waals surface area contributed by atoms with Gasteiger partial charge in [-0.15, -0.1) is 0 Å². The predicted octanol–water partition coefficient (Wildman–Crippen LogP) is 10.2. The number of nitro groups is 1. The number of piperazine rings is 1. The Hall–Kier alpha value is -6.80. The highest BCUT2D eigenvalue weighted by molar-refractivity contribution is 7.90. The fourth-order valence-corrected chi connectivity index (χ4v) is 13.6. The Morgan fingerprint density at radius 3 is 2.58 bits per heavy atom. The van der Waals surface area contributed by atoms with E-state index in [-0.39, 0.29) is 62.3 Å². The van der Waals surface area contributed by atoms with Crippen LogP contribution in [0.15, 0.2) is 96.2 Å². The normalized spacial score (nSPS) is 22.9. The van der Waals surface area contributed by atoms with Crippen LogP contribution in [0.2, 0.25) is 0 Å². The molecule has 2 aliphatic carbocycles. The molecular weight excluding hydrogens is 1020 g/mol. The summed E-state index contributed by atoms with van der Waals surface area (Å²) in [6.07, 6.45) is 7.15. The number of pyridine rings is 1. The number of nitrogens with zero attached hydrogens (tertiary/aromatic N) is 5. The molecule has 4 fully saturated rings. The van der Waals surface area contributed by atoms with Crippen molar-refractivity contribution in [2.45, 2.75) is 114 Å². The Morgan fingerprint density at radius 1 is 1.04 bits per heavy atom. The third-order valence-corrected chi connectivity index (χ3v) is 18.3. The van der Waals surface area contributed by atoms with Gasteiger partial charge in [-0.25, -0.2) is 22.5 Å². The molecule has 1 amide bonds. The number of methoxy groups -OCH3 is 1. The molecule has 5 heterocycles. The minimum Gasteiger partial charge on any atom is -0.493 e. The van der Waals surface area contributed by atoms with E-state index in [9.17, 15) is 32.8 Å². The van der Waals surface area contributed by atoms with Crippen LogP contribution in [0.3, 0.4) is 0 Å². The number of rotatable bonds is 16. The number of aromatic amines is 1. The van der Waals surface area contributed by atoms with Gasteiger partial charge in [0.1, 0.15) is 28.7 Å². The van der Waals surface area contributed by atoms with Gasteiger partial charge < -0.3 is 34.5 Å². The topological polar surface area (TPSA) is 205 Å². The number of H-pyrrole nitrogens is 1. The molecule has 3 aliphatic heterocycles. The van der Waals surface area contributed by atoms with Crippen molar-refractivity contribution >= 4 is 44.0 Å². The lowest BCUT2D eigenvalue weighted by Gasteiger charge is -2.63. The molecule has 2 aromatic heterocycles. The molecule has 6 aromatic rings. The van der Waals surface area contributed by atoms with Gasteiger partial charge >= 0.3 is 0 Å². The molecule has 2 saturated heterocycles. The molecule has 11 rings (SSSR count). The molecule has 2 saturated carbocycles. The van der Waals surface area contributed by atoms with Crippen molar-refractivity contribution in [3.05, 3.63) is 135 Å². The zero-order valence-electron chi connectivity index (χ0n) is 47.6. The summed E-state index contributed by atoms with van der Waals surface area (Å²) in [5, 5.41) is 25.9. The highest BCUT2D eigenvalue weighted by Crippen LogP contribution is 2.54. The zero-order valence-corrected chi connectivity index (χ0v) is 45.4. The molecule has 4 N–H and O–H groups in total. The molecule has 1 spiro atoms. The number of fused-ring (bicyclic) bond motifs is 2. The SMILES string of the molecule is [2H]C([2H])([2H])Oc1cc(CN2CCN(C3CC4(C3)CN(c3ccc(C(=O)NS(=O)(=O)c5ccc(NCC6CCC(C)(O)CC6)c([N+](=O)[O-])c5)c(Oc5cnc6[nH]cc(F)c6c5)c3)C4)[C@H](c3ccccc3C(C)C)C2)cc2c1OCC2(C)C. The number of halogens is 1. The molecule has 17 nitrogen and oxygen atoms in total. The Morgan fingerprint density at radius 2 is 1.82 bits per heavy atom. The minimum atomic E-state index is -4.67. The molecule has 0 radical (unpaired) electrons. The van der Waals surface area contributed by atoms with Crippen LogP contribution >= 0.6 is 0 Å². The third kappa shape index (κ3) is 10.5. The first-order chi connectivity index (χ1) is 38.3. The number of ether oxygens (including phenoxy) is 3. The fraction of sp³-hybridized carbons (Fsp3) is 0.458. The number of hydrogen-bond donors (Lipinski definition) is 4. The van der Waals surface area contributed by atoms with Gasteiger partial charge in [-0.3, -0.25) is 24.7 Å². The maximum Gasteiger partial charge on any atom is 0.293 e. The van der Waals surface area contributed by atoms with Crippen molar-refractivity contribution in [2.24, 2.45) is 11.3 Å². The number of nitro benzene ring substituents is 1. The van der Waals surface area contributed by atoms with E-state index in [0.717, 1.165) is 81.3 Å². The summed E-state index contributed by atoms with van der Waals surface area (Å²) in [6.45, 7) is 15.7. The quantitative estimate of drug-likeness (QED) is 0.0526. The number of hydrogen-bond acceptors (Lipinski definition) is 14. The van der Waals surface area contributed by atoms with Crippen LogP contribution in [0.1, 0.15) is 122 Å². The Kier molecular flexibility index (Phi) is 13.0. The van der Waals surface area contributed by atoms with Crippen LogP contribution in [0.4, 0.5) is 21.5 Å². The summed E-state index contributed by atoms with van der Waals surface area (Å²) >= 11 is 0. The first-order valence-electron chi connectivity index (χ1n) is 28.4. The van der Waals surface area contributed by atoms with Crippen molar-refractivity contribution in [3.8, 4) is 23.0 Å². The summed E-state index contributed by atoms with van der Waals surface area (Å²) < 4.78 is 86.1. The average Bonchev–Trinajstić information content (AvgIpc) is 4.02. The summed E-state index contributed by atoms with van der Waals surface area (Å²) in [7, 11) is -7.30. The summed E-state index contributed by atoms with van der Waals surface area (Å²) in [6, 6.07) is 22.8. The number of carbonyl (C=O) groups excluding carboxylic acids is 1. The monoisotopic (exact) mass is 1090 g/mol. The van der Waals surface area contributed by atoms with Crippen molar-refractivity contribution in [1.82, 2.24) is 24.5 Å². The predicted molar refractivity (Wildman–Crippen MR) is 296 cm³/mol. The molecule has 5 aliphatic rings. The third-order valence-electron chi connectivity index (χ3n) is 17.0. The van der Waals surface area contributed by atoms with Crippen molar-refractivity contribution in [2.75, 3.05) is 63.1 Å². The van der Waals surface area contributed by atoms with Crippen LogP contribution in [0.25, 0.3) is 11.0 Å². The van der Waals surface area contributed by atoms with E-state index in [2.05, 4.69) is 92.7 Å². The smallest absolute Gasteiger partial charge is 0.293 e. The van der Waals surface area contributed by atoms with E-state index in [1.165, 1.54) is 47.8 Å². The van der Waals surface area contributed by atoms with Crippen LogP contribution in [-0.4, -0.2) is 109 Å². The number of amides is 1. The molecule has 0 unspecified atom stereocenters. The second-order valence-electron chi connectivity index (χ2n) is 23.6. The number of anilines is 2. The lowest BCUT2D eigenvalue weighted by molar-refractivity contribution is -0.384. The van der Waals surface area contributed by atoms with Crippen LogP contribution in [0, 0.1) is 27.3 Å². The Bertz CT molecular complexity index is 3520. The van der Waals surface area contributed by atoms with E-state index in [1.807, 2.05) is 6.07 Å². The van der Waals surface area contributed by atoms with E-state index in [0.29, 0.717) is 50.2 Å². The highest BCUT2D eigenvalue weighted by Gasteiger charge is 2.55. The van der Waals surface area contributed by atoms with E-state index in [4.69, 9.17) is 18.3 Å². The molecule has 412 valence electrons. The molecule has 0 bridgehead atoms. The van der Waals surface area contributed by atoms with Crippen molar-refractivity contribution in [3.63, 3.8) is 0 Å². The fourth-order valence-electron chi connectivity index (χ4n) is 12.6. The molecule has 78 heavy (non-hydrogen) atoms. The lowest BCUT2D eigenvalue weighted by Crippen LogP contribution is -2.68. The number of benzene rings is 4. The Balaban J connectivity index is 0.799. The minimum absolute atomic E-state index is 0.0121. The van der Waals surface area contributed by atoms with Crippen molar-refractivity contribution in [1.29, 1.82) is 0 Å². The van der Waals surface area contributed by atoms with Gasteiger partial charge in [0, 0.05) is 98.3 Å². The van der Waals surface area contributed by atoms with Gasteiger partial charge in [-0.1, -0.05) is 52.0 Å². The first kappa shape index (κ1) is 49.5. The van der Waals surface area contributed by atoms with Gasteiger partial charge in [0.25, 0.3) is 21.6 Å². The van der Waals surface area contributed by atoms with Crippen LogP contribution in [0.5, 0.6) is 23.0 Å². The number of sulfonamides is 1. The van der Waals surface area contributed by atoms with Gasteiger partial charge in [-0.05, 0) is 116 Å². The standard InChI is InChI=1S/C59H69FN8O9S/c1-36(2)43-9-7-8-10-44(43)51-32-65(31-38-21-47-54(53(22-38)75-6)76-35-57(47,3)4)19-20-67(51)40-26-59(27-40)33-66(34-59)39-11-13-45(52(23-39)77-41-24-46-48(60)30-63-55(46)62-29-41)56(69)64-78(73,74)42-12-14-49(50(25-42)68(71)72)61-28-37-15-17-58(5,70)18-16-37/h7-14,21-25,29-30,36-37,40,51,61,70H,15-20,26-28,31-35H2,1-6H3,(H,62,63)(H,64,69)/t37?,51-,58?/m0/s1/i6D3.